The van der Waals surface area contributed by atoms with Crippen LogP contribution in [0.5, 0.6) is 0 Å². The van der Waals surface area contributed by atoms with Crippen LogP contribution in [0.1, 0.15) is 34.7 Å². The van der Waals surface area contributed by atoms with Crippen molar-refractivity contribution in [2.24, 2.45) is 5.73 Å². The van der Waals surface area contributed by atoms with Gasteiger partial charge in [-0.1, -0.05) is 35.1 Å². The minimum Gasteiger partial charge on any atom is -0.319 e. The third-order valence-electron chi connectivity index (χ3n) is 2.76. The Kier molecular flexibility index (Phi) is 3.76. The van der Waals surface area contributed by atoms with Crippen LogP contribution in [0.2, 0.25) is 5.02 Å². The van der Waals surface area contributed by atoms with Crippen molar-refractivity contribution in [3.8, 4) is 0 Å². The molecule has 0 spiro atoms. The van der Waals surface area contributed by atoms with Gasteiger partial charge in [-0.05, 0) is 42.1 Å². The molecule has 1 unspecified atom stereocenters. The molecule has 0 amide bonds. The summed E-state index contributed by atoms with van der Waals surface area (Å²) in [6.07, 6.45) is 0.846. The molecule has 0 aliphatic carbocycles. The predicted molar refractivity (Wildman–Crippen MR) is 71.5 cm³/mol. The first-order valence-corrected chi connectivity index (χ1v) is 6.61. The van der Waals surface area contributed by atoms with Crippen molar-refractivity contribution in [1.29, 1.82) is 0 Å². The number of aromatic nitrogens is 2. The van der Waals surface area contributed by atoms with Crippen molar-refractivity contribution in [2.75, 3.05) is 0 Å². The van der Waals surface area contributed by atoms with Gasteiger partial charge in [-0.2, -0.15) is 0 Å². The van der Waals surface area contributed by atoms with Gasteiger partial charge in [-0.25, -0.2) is 0 Å². The Morgan fingerprint density at radius 3 is 2.88 bits per heavy atom. The topological polar surface area (TPSA) is 51.8 Å². The molecule has 3 nitrogen and oxygen atoms in total. The number of nitrogens with zero attached hydrogens (tertiary/aromatic N) is 2. The number of halogens is 1. The SMILES string of the molecule is CCc1nnsc1C(N)c1ccc(C)c(Cl)c1. The van der Waals surface area contributed by atoms with E-state index in [4.69, 9.17) is 17.3 Å². The van der Waals surface area contributed by atoms with Gasteiger partial charge in [-0.15, -0.1) is 5.10 Å². The van der Waals surface area contributed by atoms with E-state index in [1.807, 2.05) is 25.1 Å². The first-order chi connectivity index (χ1) is 8.13. The molecule has 1 heterocycles. The summed E-state index contributed by atoms with van der Waals surface area (Å²) in [4.78, 5) is 1.02. The fraction of sp³-hybridized carbons (Fsp3) is 0.333. The van der Waals surface area contributed by atoms with Gasteiger partial charge in [-0.3, -0.25) is 0 Å². The summed E-state index contributed by atoms with van der Waals surface area (Å²) < 4.78 is 3.96. The molecule has 0 bridgehead atoms. The highest BCUT2D eigenvalue weighted by Gasteiger charge is 2.16. The average molecular weight is 268 g/mol. The molecule has 0 radical (unpaired) electrons. The van der Waals surface area contributed by atoms with E-state index in [0.717, 1.165) is 33.1 Å². The lowest BCUT2D eigenvalue weighted by atomic mass is 10.0. The van der Waals surface area contributed by atoms with E-state index in [2.05, 4.69) is 16.5 Å². The fourth-order valence-electron chi connectivity index (χ4n) is 1.65. The fourth-order valence-corrected chi connectivity index (χ4v) is 2.61. The highest BCUT2D eigenvalue weighted by molar-refractivity contribution is 7.05. The highest BCUT2D eigenvalue weighted by atomic mass is 35.5. The molecule has 1 atom stereocenters. The molecule has 0 aliphatic heterocycles. The van der Waals surface area contributed by atoms with Crippen molar-refractivity contribution in [3.63, 3.8) is 0 Å². The number of rotatable bonds is 3. The van der Waals surface area contributed by atoms with Crippen LogP contribution in [0.4, 0.5) is 0 Å². The Morgan fingerprint density at radius 2 is 2.24 bits per heavy atom. The van der Waals surface area contributed by atoms with Crippen LogP contribution in [-0.4, -0.2) is 9.59 Å². The number of aryl methyl sites for hydroxylation is 2. The van der Waals surface area contributed by atoms with E-state index >= 15 is 0 Å². The van der Waals surface area contributed by atoms with E-state index in [1.165, 1.54) is 11.5 Å². The summed E-state index contributed by atoms with van der Waals surface area (Å²) in [5.74, 6) is 0. The van der Waals surface area contributed by atoms with Crippen molar-refractivity contribution in [3.05, 3.63) is 44.9 Å². The standard InChI is InChI=1S/C12H14ClN3S/c1-3-10-12(17-16-15-10)11(14)8-5-4-7(2)9(13)6-8/h4-6,11H,3,14H2,1-2H3. The third kappa shape index (κ3) is 2.49. The van der Waals surface area contributed by atoms with E-state index in [-0.39, 0.29) is 6.04 Å². The van der Waals surface area contributed by atoms with E-state index < -0.39 is 0 Å². The number of benzene rings is 1. The molecule has 90 valence electrons. The van der Waals surface area contributed by atoms with Gasteiger partial charge in [0.2, 0.25) is 0 Å². The van der Waals surface area contributed by atoms with E-state index in [9.17, 15) is 0 Å². The monoisotopic (exact) mass is 267 g/mol. The normalized spacial score (nSPS) is 12.7. The Balaban J connectivity index is 2.36. The zero-order valence-electron chi connectivity index (χ0n) is 9.77. The maximum Gasteiger partial charge on any atom is 0.0804 e. The lowest BCUT2D eigenvalue weighted by Crippen LogP contribution is -2.12. The Hall–Kier alpha value is -0.970. The first-order valence-electron chi connectivity index (χ1n) is 5.46. The van der Waals surface area contributed by atoms with Gasteiger partial charge in [0.25, 0.3) is 0 Å². The molecule has 0 saturated carbocycles. The second-order valence-corrected chi connectivity index (χ2v) is 5.12. The van der Waals surface area contributed by atoms with Crippen LogP contribution in [-0.2, 0) is 6.42 Å². The molecule has 2 aromatic rings. The second-order valence-electron chi connectivity index (χ2n) is 3.92. The van der Waals surface area contributed by atoms with Crippen LogP contribution in [0.3, 0.4) is 0 Å². The molecule has 2 rings (SSSR count). The first kappa shape index (κ1) is 12.5. The Labute approximate surface area is 110 Å². The Morgan fingerprint density at radius 1 is 1.47 bits per heavy atom. The van der Waals surface area contributed by atoms with Crippen molar-refractivity contribution in [2.45, 2.75) is 26.3 Å². The second kappa shape index (κ2) is 5.12. The van der Waals surface area contributed by atoms with Crippen LogP contribution < -0.4 is 5.73 Å². The smallest absolute Gasteiger partial charge is 0.0804 e. The molecule has 0 saturated heterocycles. The summed E-state index contributed by atoms with van der Waals surface area (Å²) in [5, 5.41) is 4.82. The van der Waals surface area contributed by atoms with Crippen molar-refractivity contribution in [1.82, 2.24) is 9.59 Å². The largest absolute Gasteiger partial charge is 0.319 e. The molecule has 1 aromatic carbocycles. The maximum absolute atomic E-state index is 6.23. The molecular formula is C12H14ClN3S. The minimum absolute atomic E-state index is 0.192. The summed E-state index contributed by atoms with van der Waals surface area (Å²) in [6, 6.07) is 5.71. The van der Waals surface area contributed by atoms with Gasteiger partial charge in [0.15, 0.2) is 0 Å². The van der Waals surface area contributed by atoms with Crippen LogP contribution in [0.25, 0.3) is 0 Å². The van der Waals surface area contributed by atoms with Gasteiger partial charge in [0.1, 0.15) is 0 Å². The summed E-state index contributed by atoms with van der Waals surface area (Å²) >= 11 is 7.47. The van der Waals surface area contributed by atoms with Gasteiger partial charge < -0.3 is 5.73 Å². The van der Waals surface area contributed by atoms with Crippen molar-refractivity contribution < 1.29 is 0 Å². The summed E-state index contributed by atoms with van der Waals surface area (Å²) in [7, 11) is 0. The van der Waals surface area contributed by atoms with Gasteiger partial charge in [0.05, 0.1) is 16.6 Å². The lowest BCUT2D eigenvalue weighted by molar-refractivity contribution is 0.853. The zero-order chi connectivity index (χ0) is 12.4. The molecule has 0 fully saturated rings. The molecule has 17 heavy (non-hydrogen) atoms. The summed E-state index contributed by atoms with van der Waals surface area (Å²) in [6.45, 7) is 4.03. The van der Waals surface area contributed by atoms with E-state index in [1.54, 1.807) is 0 Å². The van der Waals surface area contributed by atoms with E-state index in [0.29, 0.717) is 0 Å². The summed E-state index contributed by atoms with van der Waals surface area (Å²) in [5.41, 5.74) is 9.26. The number of hydrogen-bond acceptors (Lipinski definition) is 4. The van der Waals surface area contributed by atoms with Gasteiger partial charge >= 0.3 is 0 Å². The average Bonchev–Trinajstić information content (AvgIpc) is 2.80. The molecule has 5 heteroatoms. The zero-order valence-corrected chi connectivity index (χ0v) is 11.3. The molecule has 2 N–H and O–H groups in total. The lowest BCUT2D eigenvalue weighted by Gasteiger charge is -2.12. The minimum atomic E-state index is -0.192. The van der Waals surface area contributed by atoms with Crippen LogP contribution >= 0.6 is 23.1 Å². The van der Waals surface area contributed by atoms with Crippen molar-refractivity contribution >= 4 is 23.1 Å². The number of nitrogens with two attached hydrogens (primary N) is 1. The molecule has 1 aromatic heterocycles. The van der Waals surface area contributed by atoms with Crippen LogP contribution in [0, 0.1) is 6.92 Å². The quantitative estimate of drug-likeness (QED) is 0.930. The van der Waals surface area contributed by atoms with Crippen LogP contribution in [0.15, 0.2) is 18.2 Å². The van der Waals surface area contributed by atoms with Gasteiger partial charge in [0, 0.05) is 5.02 Å². The highest BCUT2D eigenvalue weighted by Crippen LogP contribution is 2.28. The molecular weight excluding hydrogens is 254 g/mol. The Bertz CT molecular complexity index is 524. The molecule has 0 aliphatic rings. The third-order valence-corrected chi connectivity index (χ3v) is 4.01. The number of hydrogen-bond donors (Lipinski definition) is 1. The predicted octanol–water partition coefficient (Wildman–Crippen LogP) is 3.11. The maximum atomic E-state index is 6.23.